The van der Waals surface area contributed by atoms with Crippen molar-refractivity contribution in [3.8, 4) is 11.5 Å². The van der Waals surface area contributed by atoms with Gasteiger partial charge in [-0.2, -0.15) is 5.10 Å². The molecular weight excluding hydrogens is 406 g/mol. The third-order valence-corrected chi connectivity index (χ3v) is 3.80. The maximum absolute atomic E-state index is 11.9. The predicted molar refractivity (Wildman–Crippen MR) is 99.6 cm³/mol. The molecule has 0 saturated carbocycles. The maximum atomic E-state index is 11.9. The number of methoxy groups -OCH3 is 1. The fourth-order valence-corrected chi connectivity index (χ4v) is 2.33. The number of rotatable bonds is 7. The van der Waals surface area contributed by atoms with Crippen molar-refractivity contribution in [1.82, 2.24) is 5.43 Å². The molecule has 0 heterocycles. The van der Waals surface area contributed by atoms with Gasteiger partial charge in [-0.25, -0.2) is 5.43 Å². The summed E-state index contributed by atoms with van der Waals surface area (Å²) >= 11 is 3.32. The van der Waals surface area contributed by atoms with Gasteiger partial charge in [-0.15, -0.1) is 0 Å². The molecule has 0 aliphatic rings. The molecular formula is C17H16BrN3O5. The van der Waals surface area contributed by atoms with Crippen molar-refractivity contribution in [3.05, 3.63) is 62.6 Å². The van der Waals surface area contributed by atoms with Crippen LogP contribution >= 0.6 is 15.9 Å². The van der Waals surface area contributed by atoms with Gasteiger partial charge in [0.15, 0.2) is 18.1 Å². The number of nitro groups is 1. The second kappa shape index (κ2) is 8.95. The zero-order chi connectivity index (χ0) is 19.1. The Bertz CT molecular complexity index is 854. The first kappa shape index (κ1) is 19.4. The first-order chi connectivity index (χ1) is 12.4. The van der Waals surface area contributed by atoms with Gasteiger partial charge >= 0.3 is 0 Å². The predicted octanol–water partition coefficient (Wildman–Crippen LogP) is 3.29. The molecule has 0 unspecified atom stereocenters. The minimum absolute atomic E-state index is 0.0472. The molecule has 0 spiro atoms. The Morgan fingerprint density at radius 2 is 2.04 bits per heavy atom. The van der Waals surface area contributed by atoms with E-state index in [1.807, 2.05) is 0 Å². The summed E-state index contributed by atoms with van der Waals surface area (Å²) in [4.78, 5) is 22.2. The van der Waals surface area contributed by atoms with Crippen LogP contribution in [-0.4, -0.2) is 30.3 Å². The minimum Gasteiger partial charge on any atom is -0.493 e. The van der Waals surface area contributed by atoms with Crippen molar-refractivity contribution in [2.24, 2.45) is 5.10 Å². The fourth-order valence-electron chi connectivity index (χ4n) is 1.99. The Kier molecular flexibility index (Phi) is 6.67. The SMILES string of the molecule is COc1cc(Br)ccc1OCC(=O)N/N=C(\C)c1cccc([N+](=O)[O-])c1. The number of nitro benzene ring substituents is 1. The lowest BCUT2D eigenvalue weighted by molar-refractivity contribution is -0.384. The second-order valence-corrected chi connectivity index (χ2v) is 6.04. The molecule has 1 amide bonds. The van der Waals surface area contributed by atoms with E-state index in [1.165, 1.54) is 19.2 Å². The van der Waals surface area contributed by atoms with Gasteiger partial charge < -0.3 is 9.47 Å². The fraction of sp³-hybridized carbons (Fsp3) is 0.176. The summed E-state index contributed by atoms with van der Waals surface area (Å²) in [6, 6.07) is 11.1. The number of halogens is 1. The van der Waals surface area contributed by atoms with Crippen LogP contribution in [-0.2, 0) is 4.79 Å². The number of carbonyl (C=O) groups excluding carboxylic acids is 1. The molecule has 0 aliphatic carbocycles. The van der Waals surface area contributed by atoms with E-state index >= 15 is 0 Å². The summed E-state index contributed by atoms with van der Waals surface area (Å²) < 4.78 is 11.4. The van der Waals surface area contributed by atoms with Crippen molar-refractivity contribution in [1.29, 1.82) is 0 Å². The summed E-state index contributed by atoms with van der Waals surface area (Å²) in [6.07, 6.45) is 0. The highest BCUT2D eigenvalue weighted by atomic mass is 79.9. The van der Waals surface area contributed by atoms with Gasteiger partial charge in [-0.05, 0) is 25.1 Å². The molecule has 8 nitrogen and oxygen atoms in total. The van der Waals surface area contributed by atoms with Gasteiger partial charge in [-0.1, -0.05) is 28.1 Å². The van der Waals surface area contributed by atoms with Gasteiger partial charge in [0.25, 0.3) is 11.6 Å². The average molecular weight is 422 g/mol. The van der Waals surface area contributed by atoms with E-state index in [-0.39, 0.29) is 12.3 Å². The van der Waals surface area contributed by atoms with Crippen LogP contribution in [0.25, 0.3) is 0 Å². The highest BCUT2D eigenvalue weighted by Gasteiger charge is 2.10. The molecule has 0 aliphatic heterocycles. The molecule has 0 saturated heterocycles. The Morgan fingerprint density at radius 3 is 2.73 bits per heavy atom. The number of hydrazone groups is 1. The lowest BCUT2D eigenvalue weighted by Gasteiger charge is -2.10. The van der Waals surface area contributed by atoms with Gasteiger partial charge in [0, 0.05) is 22.2 Å². The highest BCUT2D eigenvalue weighted by molar-refractivity contribution is 9.10. The smallest absolute Gasteiger partial charge is 0.277 e. The summed E-state index contributed by atoms with van der Waals surface area (Å²) in [5.74, 6) is 0.438. The van der Waals surface area contributed by atoms with Crippen LogP contribution in [0.1, 0.15) is 12.5 Å². The Labute approximate surface area is 158 Å². The van der Waals surface area contributed by atoms with E-state index in [2.05, 4.69) is 26.5 Å². The van der Waals surface area contributed by atoms with Crippen LogP contribution in [0.4, 0.5) is 5.69 Å². The minimum atomic E-state index is -0.491. The van der Waals surface area contributed by atoms with Crippen molar-refractivity contribution < 1.29 is 19.2 Å². The van der Waals surface area contributed by atoms with E-state index in [0.717, 1.165) is 4.47 Å². The van der Waals surface area contributed by atoms with Gasteiger partial charge in [0.05, 0.1) is 17.7 Å². The Balaban J connectivity index is 1.96. The third-order valence-electron chi connectivity index (χ3n) is 3.31. The number of nitrogens with zero attached hydrogens (tertiary/aromatic N) is 2. The molecule has 0 bridgehead atoms. The van der Waals surface area contributed by atoms with Crippen LogP contribution in [0.15, 0.2) is 52.0 Å². The monoisotopic (exact) mass is 421 g/mol. The van der Waals surface area contributed by atoms with Crippen LogP contribution in [0.3, 0.4) is 0 Å². The Hall–Kier alpha value is -2.94. The van der Waals surface area contributed by atoms with E-state index in [1.54, 1.807) is 37.3 Å². The average Bonchev–Trinajstić information content (AvgIpc) is 2.64. The molecule has 2 rings (SSSR count). The summed E-state index contributed by atoms with van der Waals surface area (Å²) in [6.45, 7) is 1.38. The van der Waals surface area contributed by atoms with Crippen molar-refractivity contribution in [2.75, 3.05) is 13.7 Å². The molecule has 2 aromatic rings. The summed E-state index contributed by atoms with van der Waals surface area (Å²) in [5.41, 5.74) is 3.28. The molecule has 0 atom stereocenters. The summed E-state index contributed by atoms with van der Waals surface area (Å²) in [5, 5.41) is 14.7. The topological polar surface area (TPSA) is 103 Å². The number of nitrogens with one attached hydrogen (secondary N) is 1. The second-order valence-electron chi connectivity index (χ2n) is 5.12. The molecule has 0 aromatic heterocycles. The zero-order valence-electron chi connectivity index (χ0n) is 14.1. The van der Waals surface area contributed by atoms with Gasteiger partial charge in [0.2, 0.25) is 0 Å². The summed E-state index contributed by atoms with van der Waals surface area (Å²) in [7, 11) is 1.50. The molecule has 2 aromatic carbocycles. The number of ether oxygens (including phenoxy) is 2. The van der Waals surface area contributed by atoms with E-state index in [0.29, 0.717) is 22.8 Å². The number of non-ortho nitro benzene ring substituents is 1. The normalized spacial score (nSPS) is 11.0. The lowest BCUT2D eigenvalue weighted by atomic mass is 10.1. The van der Waals surface area contributed by atoms with Crippen molar-refractivity contribution >= 4 is 33.2 Å². The first-order valence-corrected chi connectivity index (χ1v) is 8.24. The maximum Gasteiger partial charge on any atom is 0.277 e. The van der Waals surface area contributed by atoms with Crippen molar-refractivity contribution in [2.45, 2.75) is 6.92 Å². The van der Waals surface area contributed by atoms with E-state index in [9.17, 15) is 14.9 Å². The number of carbonyl (C=O) groups is 1. The number of hydrogen-bond donors (Lipinski definition) is 1. The highest BCUT2D eigenvalue weighted by Crippen LogP contribution is 2.30. The van der Waals surface area contributed by atoms with Crippen LogP contribution in [0, 0.1) is 10.1 Å². The van der Waals surface area contributed by atoms with Crippen LogP contribution in [0.5, 0.6) is 11.5 Å². The number of benzene rings is 2. The molecule has 0 radical (unpaired) electrons. The molecule has 0 fully saturated rings. The molecule has 9 heteroatoms. The number of hydrogen-bond acceptors (Lipinski definition) is 6. The first-order valence-electron chi connectivity index (χ1n) is 7.45. The van der Waals surface area contributed by atoms with Gasteiger partial charge in [-0.3, -0.25) is 14.9 Å². The van der Waals surface area contributed by atoms with E-state index in [4.69, 9.17) is 9.47 Å². The van der Waals surface area contributed by atoms with Crippen LogP contribution in [0.2, 0.25) is 0 Å². The largest absolute Gasteiger partial charge is 0.493 e. The Morgan fingerprint density at radius 1 is 1.27 bits per heavy atom. The zero-order valence-corrected chi connectivity index (χ0v) is 15.6. The molecule has 136 valence electrons. The van der Waals surface area contributed by atoms with Gasteiger partial charge in [0.1, 0.15) is 0 Å². The quantitative estimate of drug-likeness (QED) is 0.419. The van der Waals surface area contributed by atoms with Crippen molar-refractivity contribution in [3.63, 3.8) is 0 Å². The number of amides is 1. The lowest BCUT2D eigenvalue weighted by Crippen LogP contribution is -2.25. The third kappa shape index (κ3) is 5.28. The molecule has 1 N–H and O–H groups in total. The van der Waals surface area contributed by atoms with Crippen LogP contribution < -0.4 is 14.9 Å². The van der Waals surface area contributed by atoms with E-state index < -0.39 is 10.8 Å². The molecule has 26 heavy (non-hydrogen) atoms. The standard InChI is InChI=1S/C17H16BrN3O5/c1-11(12-4-3-5-14(8-12)21(23)24)19-20-17(22)10-26-15-7-6-13(18)9-16(15)25-2/h3-9H,10H2,1-2H3,(H,20,22)/b19-11+.